The van der Waals surface area contributed by atoms with Crippen molar-refractivity contribution >= 4 is 17.2 Å². The molecular formula is C15H18N2O2S. The summed E-state index contributed by atoms with van der Waals surface area (Å²) in [5, 5.41) is 12.7. The number of hydrogen-bond donors (Lipinski definition) is 1. The fraction of sp³-hybridized carbons (Fsp3) is 0.333. The van der Waals surface area contributed by atoms with Gasteiger partial charge in [0.05, 0.1) is 11.4 Å². The minimum Gasteiger partial charge on any atom is -0.508 e. The highest BCUT2D eigenvalue weighted by Gasteiger charge is 2.16. The van der Waals surface area contributed by atoms with Crippen LogP contribution in [0.15, 0.2) is 35.8 Å². The van der Waals surface area contributed by atoms with Crippen LogP contribution in [0, 0.1) is 0 Å². The Kier molecular flexibility index (Phi) is 4.74. The van der Waals surface area contributed by atoms with Crippen LogP contribution in [0.25, 0.3) is 0 Å². The number of phenols is 1. The number of para-hydroxylation sites is 1. The normalized spacial score (nSPS) is 12.1. The lowest BCUT2D eigenvalue weighted by atomic mass is 10.1. The van der Waals surface area contributed by atoms with Gasteiger partial charge in [0.15, 0.2) is 0 Å². The molecule has 0 aliphatic heterocycles. The summed E-state index contributed by atoms with van der Waals surface area (Å²) in [6.45, 7) is 2.68. The summed E-state index contributed by atoms with van der Waals surface area (Å²) in [5.74, 6) is 0.380. The van der Waals surface area contributed by atoms with E-state index in [4.69, 9.17) is 0 Å². The number of nitrogens with zero attached hydrogens (tertiary/aromatic N) is 2. The quantitative estimate of drug-likeness (QED) is 0.921. The predicted molar refractivity (Wildman–Crippen MR) is 80.0 cm³/mol. The first-order valence-corrected chi connectivity index (χ1v) is 7.36. The molecule has 1 aromatic heterocycles. The molecule has 0 aliphatic rings. The van der Waals surface area contributed by atoms with Crippen molar-refractivity contribution in [1.29, 1.82) is 0 Å². The van der Waals surface area contributed by atoms with Gasteiger partial charge in [-0.3, -0.25) is 4.79 Å². The maximum Gasteiger partial charge on any atom is 0.226 e. The molecule has 0 fully saturated rings. The Labute approximate surface area is 122 Å². The van der Waals surface area contributed by atoms with E-state index in [9.17, 15) is 9.90 Å². The molecule has 0 spiro atoms. The highest BCUT2D eigenvalue weighted by Crippen LogP contribution is 2.20. The van der Waals surface area contributed by atoms with Crippen LogP contribution in [-0.4, -0.2) is 34.5 Å². The fourth-order valence-corrected chi connectivity index (χ4v) is 2.72. The number of thiazole rings is 1. The van der Waals surface area contributed by atoms with E-state index in [1.807, 2.05) is 11.4 Å². The van der Waals surface area contributed by atoms with Crippen molar-refractivity contribution in [2.45, 2.75) is 19.3 Å². The molecule has 2 aromatic rings. The van der Waals surface area contributed by atoms with Crippen LogP contribution in [0.3, 0.4) is 0 Å². The first kappa shape index (κ1) is 14.5. The van der Waals surface area contributed by atoms with Crippen molar-refractivity contribution in [3.63, 3.8) is 0 Å². The summed E-state index contributed by atoms with van der Waals surface area (Å²) in [5.41, 5.74) is 0.659. The largest absolute Gasteiger partial charge is 0.508 e. The fourth-order valence-electron chi connectivity index (χ4n) is 2.03. The van der Waals surface area contributed by atoms with Crippen molar-refractivity contribution in [3.05, 3.63) is 46.4 Å². The second-order valence-corrected chi connectivity index (χ2v) is 5.78. The molecule has 0 saturated carbocycles. The summed E-state index contributed by atoms with van der Waals surface area (Å²) >= 11 is 1.60. The van der Waals surface area contributed by atoms with Crippen LogP contribution >= 0.6 is 11.3 Å². The smallest absolute Gasteiger partial charge is 0.226 e. The Morgan fingerprint density at radius 1 is 1.45 bits per heavy atom. The van der Waals surface area contributed by atoms with Crippen LogP contribution < -0.4 is 0 Å². The predicted octanol–water partition coefficient (Wildman–Crippen LogP) is 2.65. The third-order valence-electron chi connectivity index (χ3n) is 3.18. The number of carbonyl (C=O) groups is 1. The zero-order chi connectivity index (χ0) is 14.5. The lowest BCUT2D eigenvalue weighted by Crippen LogP contribution is -2.31. The van der Waals surface area contributed by atoms with Crippen molar-refractivity contribution < 1.29 is 9.90 Å². The molecule has 0 saturated heterocycles. The zero-order valence-corrected chi connectivity index (χ0v) is 12.4. The molecule has 4 nitrogen and oxygen atoms in total. The van der Waals surface area contributed by atoms with Gasteiger partial charge in [0.2, 0.25) is 5.91 Å². The summed E-state index contributed by atoms with van der Waals surface area (Å²) in [6.07, 6.45) is 1.99. The number of amides is 1. The maximum atomic E-state index is 12.2. The number of phenolic OH excluding ortho intramolecular Hbond substituents is 1. The molecule has 1 amide bonds. The molecule has 0 unspecified atom stereocenters. The van der Waals surface area contributed by atoms with Gasteiger partial charge in [-0.1, -0.05) is 25.1 Å². The van der Waals surface area contributed by atoms with Gasteiger partial charge in [-0.05, 0) is 6.07 Å². The van der Waals surface area contributed by atoms with Crippen LogP contribution in [-0.2, 0) is 11.2 Å². The van der Waals surface area contributed by atoms with Gasteiger partial charge in [-0.15, -0.1) is 11.3 Å². The van der Waals surface area contributed by atoms with Gasteiger partial charge < -0.3 is 10.0 Å². The van der Waals surface area contributed by atoms with Gasteiger partial charge in [0, 0.05) is 36.7 Å². The van der Waals surface area contributed by atoms with E-state index in [1.165, 1.54) is 0 Å². The standard InChI is InChI=1S/C15H18N2O2S/c1-11(15-16-7-8-20-15)10-17(2)14(19)9-12-5-3-4-6-13(12)18/h3-8,11,18H,9-10H2,1-2H3/t11-/m1/s1. The van der Waals surface area contributed by atoms with E-state index in [-0.39, 0.29) is 24.0 Å². The van der Waals surface area contributed by atoms with Gasteiger partial charge in [0.25, 0.3) is 0 Å². The van der Waals surface area contributed by atoms with Crippen LogP contribution in [0.1, 0.15) is 23.4 Å². The van der Waals surface area contributed by atoms with E-state index in [0.29, 0.717) is 12.1 Å². The second kappa shape index (κ2) is 6.52. The van der Waals surface area contributed by atoms with Gasteiger partial charge in [0.1, 0.15) is 5.75 Å². The molecule has 20 heavy (non-hydrogen) atoms. The molecule has 1 atom stereocenters. The van der Waals surface area contributed by atoms with Gasteiger partial charge >= 0.3 is 0 Å². The topological polar surface area (TPSA) is 53.4 Å². The number of aromatic hydroxyl groups is 1. The first-order chi connectivity index (χ1) is 9.58. The first-order valence-electron chi connectivity index (χ1n) is 6.48. The minimum absolute atomic E-state index is 0.00472. The van der Waals surface area contributed by atoms with E-state index >= 15 is 0 Å². The molecule has 1 aromatic carbocycles. The number of carbonyl (C=O) groups excluding carboxylic acids is 1. The van der Waals surface area contributed by atoms with E-state index in [1.54, 1.807) is 47.7 Å². The Morgan fingerprint density at radius 2 is 2.20 bits per heavy atom. The van der Waals surface area contributed by atoms with Crippen molar-refractivity contribution in [1.82, 2.24) is 9.88 Å². The summed E-state index contributed by atoms with van der Waals surface area (Å²) in [7, 11) is 1.78. The van der Waals surface area contributed by atoms with Gasteiger partial charge in [-0.2, -0.15) is 0 Å². The Morgan fingerprint density at radius 3 is 2.85 bits per heavy atom. The number of rotatable bonds is 5. The lowest BCUT2D eigenvalue weighted by molar-refractivity contribution is -0.129. The molecule has 0 bridgehead atoms. The molecule has 106 valence electrons. The summed E-state index contributed by atoms with van der Waals surface area (Å²) in [6, 6.07) is 6.93. The molecule has 0 aliphatic carbocycles. The number of benzene rings is 1. The van der Waals surface area contributed by atoms with Crippen molar-refractivity contribution in [2.24, 2.45) is 0 Å². The Balaban J connectivity index is 1.94. The SMILES string of the molecule is C[C@H](CN(C)C(=O)Cc1ccccc1O)c1nccs1. The highest BCUT2D eigenvalue weighted by molar-refractivity contribution is 7.09. The number of hydrogen-bond acceptors (Lipinski definition) is 4. The van der Waals surface area contributed by atoms with Crippen molar-refractivity contribution in [3.8, 4) is 5.75 Å². The molecule has 0 radical (unpaired) electrons. The molecular weight excluding hydrogens is 272 g/mol. The molecule has 5 heteroatoms. The maximum absolute atomic E-state index is 12.2. The molecule has 2 rings (SSSR count). The highest BCUT2D eigenvalue weighted by atomic mass is 32.1. The van der Waals surface area contributed by atoms with Crippen molar-refractivity contribution in [2.75, 3.05) is 13.6 Å². The zero-order valence-electron chi connectivity index (χ0n) is 11.6. The third-order valence-corrected chi connectivity index (χ3v) is 4.19. The van der Waals surface area contributed by atoms with E-state index in [2.05, 4.69) is 11.9 Å². The van der Waals surface area contributed by atoms with Gasteiger partial charge in [-0.25, -0.2) is 4.98 Å². The number of likely N-dealkylation sites (N-methyl/N-ethyl adjacent to an activating group) is 1. The summed E-state index contributed by atoms with van der Waals surface area (Å²) in [4.78, 5) is 18.1. The van der Waals surface area contributed by atoms with E-state index < -0.39 is 0 Å². The Bertz CT molecular complexity index is 569. The third kappa shape index (κ3) is 3.57. The monoisotopic (exact) mass is 290 g/mol. The average molecular weight is 290 g/mol. The molecule has 1 heterocycles. The van der Waals surface area contributed by atoms with Crippen LogP contribution in [0.2, 0.25) is 0 Å². The number of aromatic nitrogens is 1. The van der Waals surface area contributed by atoms with Crippen LogP contribution in [0.4, 0.5) is 0 Å². The van der Waals surface area contributed by atoms with E-state index in [0.717, 1.165) is 5.01 Å². The lowest BCUT2D eigenvalue weighted by Gasteiger charge is -2.20. The summed E-state index contributed by atoms with van der Waals surface area (Å²) < 4.78 is 0. The minimum atomic E-state index is -0.00472. The Hall–Kier alpha value is -1.88. The van der Waals surface area contributed by atoms with Crippen LogP contribution in [0.5, 0.6) is 5.75 Å². The second-order valence-electron chi connectivity index (χ2n) is 4.85. The average Bonchev–Trinajstić information content (AvgIpc) is 2.95. The molecule has 1 N–H and O–H groups in total.